The minimum atomic E-state index is -0.982. The molecule has 6 nitrogen and oxygen atoms in total. The first-order chi connectivity index (χ1) is 10.1. The van der Waals surface area contributed by atoms with E-state index in [2.05, 4.69) is 10.3 Å². The Hall–Kier alpha value is -1.63. The first-order valence-electron chi connectivity index (χ1n) is 7.38. The SMILES string of the molecule is O=C(O)CN(CC1CC1)C(=O)Nc1nc2c(s1)CCCC2. The average Bonchev–Trinajstić information content (AvgIpc) is 3.15. The van der Waals surface area contributed by atoms with Crippen molar-refractivity contribution in [2.45, 2.75) is 38.5 Å². The van der Waals surface area contributed by atoms with Gasteiger partial charge in [-0.2, -0.15) is 0 Å². The molecule has 114 valence electrons. The van der Waals surface area contributed by atoms with E-state index in [4.69, 9.17) is 5.11 Å². The Bertz CT molecular complexity index is 530. The van der Waals surface area contributed by atoms with Crippen LogP contribution >= 0.6 is 11.3 Å². The van der Waals surface area contributed by atoms with Gasteiger partial charge in [0.05, 0.1) is 5.69 Å². The second-order valence-corrected chi connectivity index (χ2v) is 6.83. The van der Waals surface area contributed by atoms with Crippen LogP contribution in [-0.4, -0.2) is 40.1 Å². The molecule has 0 bridgehead atoms. The number of hydrogen-bond donors (Lipinski definition) is 2. The van der Waals surface area contributed by atoms with E-state index in [1.54, 1.807) is 0 Å². The average molecular weight is 309 g/mol. The molecule has 1 fully saturated rings. The molecule has 0 saturated heterocycles. The highest BCUT2D eigenvalue weighted by molar-refractivity contribution is 7.15. The van der Waals surface area contributed by atoms with Crippen molar-refractivity contribution in [3.63, 3.8) is 0 Å². The van der Waals surface area contributed by atoms with E-state index in [-0.39, 0.29) is 12.6 Å². The Morgan fingerprint density at radius 2 is 2.10 bits per heavy atom. The number of aliphatic carboxylic acids is 1. The number of nitrogens with one attached hydrogen (secondary N) is 1. The number of urea groups is 1. The van der Waals surface area contributed by atoms with Gasteiger partial charge in [0.15, 0.2) is 5.13 Å². The number of nitrogens with zero attached hydrogens (tertiary/aromatic N) is 2. The highest BCUT2D eigenvalue weighted by Gasteiger charge is 2.28. The molecular formula is C14H19N3O3S. The van der Waals surface area contributed by atoms with Gasteiger partial charge in [0.1, 0.15) is 6.54 Å². The van der Waals surface area contributed by atoms with Crippen LogP contribution in [0, 0.1) is 5.92 Å². The van der Waals surface area contributed by atoms with E-state index in [1.807, 2.05) is 0 Å². The van der Waals surface area contributed by atoms with Gasteiger partial charge in [0, 0.05) is 11.4 Å². The van der Waals surface area contributed by atoms with E-state index >= 15 is 0 Å². The van der Waals surface area contributed by atoms with Gasteiger partial charge in [-0.25, -0.2) is 9.78 Å². The van der Waals surface area contributed by atoms with Gasteiger partial charge in [-0.1, -0.05) is 0 Å². The summed E-state index contributed by atoms with van der Waals surface area (Å²) in [5.41, 5.74) is 1.09. The van der Waals surface area contributed by atoms with Crippen LogP contribution in [0.4, 0.5) is 9.93 Å². The zero-order valence-electron chi connectivity index (χ0n) is 11.8. The summed E-state index contributed by atoms with van der Waals surface area (Å²) in [6, 6.07) is -0.351. The summed E-state index contributed by atoms with van der Waals surface area (Å²) in [5.74, 6) is -0.524. The fourth-order valence-electron chi connectivity index (χ4n) is 2.57. The maximum absolute atomic E-state index is 12.2. The number of fused-ring (bicyclic) bond motifs is 1. The quantitative estimate of drug-likeness (QED) is 0.874. The molecule has 1 saturated carbocycles. The Labute approximate surface area is 127 Å². The topological polar surface area (TPSA) is 82.5 Å². The first-order valence-corrected chi connectivity index (χ1v) is 8.20. The van der Waals surface area contributed by atoms with Crippen molar-refractivity contribution in [1.82, 2.24) is 9.88 Å². The van der Waals surface area contributed by atoms with Crippen molar-refractivity contribution in [3.8, 4) is 0 Å². The van der Waals surface area contributed by atoms with E-state index in [1.165, 1.54) is 27.5 Å². The minimum absolute atomic E-state index is 0.257. The summed E-state index contributed by atoms with van der Waals surface area (Å²) in [7, 11) is 0. The molecule has 0 radical (unpaired) electrons. The van der Waals surface area contributed by atoms with E-state index in [0.717, 1.165) is 37.8 Å². The molecule has 0 aromatic carbocycles. The highest BCUT2D eigenvalue weighted by Crippen LogP contribution is 2.31. The standard InChI is InChI=1S/C14H19N3O3S/c18-12(19)8-17(7-9-5-6-9)14(20)16-13-15-10-3-1-2-4-11(10)21-13/h9H,1-8H2,(H,18,19)(H,15,16,20). The molecule has 2 aliphatic rings. The predicted molar refractivity (Wildman–Crippen MR) is 79.7 cm³/mol. The Kier molecular flexibility index (Phi) is 4.10. The van der Waals surface area contributed by atoms with E-state index < -0.39 is 5.97 Å². The number of carboxylic acids is 1. The Morgan fingerprint density at radius 3 is 2.76 bits per heavy atom. The molecule has 1 aromatic rings. The van der Waals surface area contributed by atoms with Crippen molar-refractivity contribution in [2.75, 3.05) is 18.4 Å². The molecule has 1 heterocycles. The van der Waals surface area contributed by atoms with E-state index in [9.17, 15) is 9.59 Å². The normalized spacial score (nSPS) is 17.1. The van der Waals surface area contributed by atoms with Crippen molar-refractivity contribution < 1.29 is 14.7 Å². The summed E-state index contributed by atoms with van der Waals surface area (Å²) in [6.45, 7) is 0.261. The summed E-state index contributed by atoms with van der Waals surface area (Å²) >= 11 is 1.52. The zero-order chi connectivity index (χ0) is 14.8. The summed E-state index contributed by atoms with van der Waals surface area (Å²) in [4.78, 5) is 30.2. The number of carbonyl (C=O) groups is 2. The highest BCUT2D eigenvalue weighted by atomic mass is 32.1. The van der Waals surface area contributed by atoms with Crippen LogP contribution in [0.1, 0.15) is 36.3 Å². The lowest BCUT2D eigenvalue weighted by Crippen LogP contribution is -2.40. The third-order valence-electron chi connectivity index (χ3n) is 3.85. The van der Waals surface area contributed by atoms with Gasteiger partial charge in [0.25, 0.3) is 0 Å². The number of rotatable bonds is 5. The minimum Gasteiger partial charge on any atom is -0.480 e. The van der Waals surface area contributed by atoms with Crippen molar-refractivity contribution in [1.29, 1.82) is 0 Å². The second kappa shape index (κ2) is 6.01. The molecule has 2 amide bonds. The number of anilines is 1. The van der Waals surface area contributed by atoms with Crippen LogP contribution in [0.2, 0.25) is 0 Å². The number of hydrogen-bond acceptors (Lipinski definition) is 4. The summed E-state index contributed by atoms with van der Waals surface area (Å²) in [6.07, 6.45) is 6.49. The molecular weight excluding hydrogens is 290 g/mol. The van der Waals surface area contributed by atoms with Gasteiger partial charge in [0.2, 0.25) is 0 Å². The lowest BCUT2D eigenvalue weighted by atomic mass is 10.0. The first kappa shape index (κ1) is 14.3. The zero-order valence-corrected chi connectivity index (χ0v) is 12.6. The molecule has 2 aliphatic carbocycles. The van der Waals surface area contributed by atoms with Gasteiger partial charge < -0.3 is 10.0 Å². The van der Waals surface area contributed by atoms with E-state index in [0.29, 0.717) is 17.6 Å². The Balaban J connectivity index is 1.64. The lowest BCUT2D eigenvalue weighted by molar-refractivity contribution is -0.137. The molecule has 0 atom stereocenters. The fraction of sp³-hybridized carbons (Fsp3) is 0.643. The second-order valence-electron chi connectivity index (χ2n) is 5.74. The van der Waals surface area contributed by atoms with Crippen LogP contribution in [-0.2, 0) is 17.6 Å². The number of thiazole rings is 1. The van der Waals surface area contributed by atoms with Gasteiger partial charge in [-0.15, -0.1) is 11.3 Å². The maximum atomic E-state index is 12.2. The lowest BCUT2D eigenvalue weighted by Gasteiger charge is -2.20. The number of aryl methyl sites for hydroxylation is 2. The molecule has 7 heteroatoms. The van der Waals surface area contributed by atoms with Crippen LogP contribution < -0.4 is 5.32 Å². The number of aromatic nitrogens is 1. The largest absolute Gasteiger partial charge is 0.480 e. The Morgan fingerprint density at radius 1 is 1.33 bits per heavy atom. The van der Waals surface area contributed by atoms with Crippen molar-refractivity contribution in [3.05, 3.63) is 10.6 Å². The molecule has 21 heavy (non-hydrogen) atoms. The van der Waals surface area contributed by atoms with Gasteiger partial charge >= 0.3 is 12.0 Å². The van der Waals surface area contributed by atoms with Crippen LogP contribution in [0.3, 0.4) is 0 Å². The van der Waals surface area contributed by atoms with Crippen LogP contribution in [0.5, 0.6) is 0 Å². The number of carboxylic acid groups (broad SMARTS) is 1. The van der Waals surface area contributed by atoms with Gasteiger partial charge in [-0.05, 0) is 44.4 Å². The number of amides is 2. The summed E-state index contributed by atoms with van der Waals surface area (Å²) in [5, 5.41) is 12.3. The molecule has 0 aliphatic heterocycles. The predicted octanol–water partition coefficient (Wildman–Crippen LogP) is 2.35. The molecule has 0 spiro atoms. The molecule has 0 unspecified atom stereocenters. The van der Waals surface area contributed by atoms with Crippen LogP contribution in [0.25, 0.3) is 0 Å². The smallest absolute Gasteiger partial charge is 0.324 e. The third kappa shape index (κ3) is 3.72. The van der Waals surface area contributed by atoms with Gasteiger partial charge in [-0.3, -0.25) is 10.1 Å². The van der Waals surface area contributed by atoms with Crippen molar-refractivity contribution >= 4 is 28.5 Å². The van der Waals surface area contributed by atoms with Crippen LogP contribution in [0.15, 0.2) is 0 Å². The number of carbonyl (C=O) groups excluding carboxylic acids is 1. The van der Waals surface area contributed by atoms with Crippen molar-refractivity contribution in [2.24, 2.45) is 5.92 Å². The fourth-order valence-corrected chi connectivity index (χ4v) is 3.61. The monoisotopic (exact) mass is 309 g/mol. The molecule has 2 N–H and O–H groups in total. The maximum Gasteiger partial charge on any atom is 0.324 e. The summed E-state index contributed by atoms with van der Waals surface area (Å²) < 4.78 is 0. The molecule has 3 rings (SSSR count). The third-order valence-corrected chi connectivity index (χ3v) is 4.92. The molecule has 1 aromatic heterocycles.